The van der Waals surface area contributed by atoms with Gasteiger partial charge in [-0.15, -0.1) is 5.06 Å². The highest BCUT2D eigenvalue weighted by Gasteiger charge is 2.14. The number of aliphatic hydroxyl groups is 2. The largest absolute Gasteiger partial charge is 0.508 e. The number of aliphatic hydroxyl groups excluding tert-OH is 2. The van der Waals surface area contributed by atoms with Gasteiger partial charge in [-0.1, -0.05) is 43.2 Å². The third-order valence-corrected chi connectivity index (χ3v) is 6.19. The molecule has 2 rings (SSSR count). The minimum Gasteiger partial charge on any atom is -0.508 e. The molecule has 216 valence electrons. The van der Waals surface area contributed by atoms with Crippen molar-refractivity contribution < 1.29 is 34.5 Å². The Labute approximate surface area is 230 Å². The molecule has 2 amide bonds. The Morgan fingerprint density at radius 1 is 1.00 bits per heavy atom. The number of benzene rings is 2. The number of nitrogens with two attached hydrogens (primary N) is 1. The van der Waals surface area contributed by atoms with Gasteiger partial charge in [0.2, 0.25) is 0 Å². The Bertz CT molecular complexity index is 1020. The third-order valence-electron chi connectivity index (χ3n) is 6.19. The third kappa shape index (κ3) is 12.9. The Kier molecular flexibility index (Phi) is 14.9. The first-order valence-corrected chi connectivity index (χ1v) is 13.5. The van der Waals surface area contributed by atoms with Gasteiger partial charge < -0.3 is 35.9 Å². The zero-order valence-electron chi connectivity index (χ0n) is 22.8. The van der Waals surface area contributed by atoms with Gasteiger partial charge in [0, 0.05) is 32.2 Å². The smallest absolute Gasteiger partial charge is 0.348 e. The predicted octanol–water partition coefficient (Wildman–Crippen LogP) is 3.47. The lowest BCUT2D eigenvalue weighted by atomic mass is 10.1. The minimum atomic E-state index is -0.815. The van der Waals surface area contributed by atoms with Gasteiger partial charge in [-0.05, 0) is 67.5 Å². The van der Waals surface area contributed by atoms with E-state index in [1.54, 1.807) is 12.1 Å². The molecule has 0 heterocycles. The summed E-state index contributed by atoms with van der Waals surface area (Å²) in [6.45, 7) is 3.76. The highest BCUT2D eigenvalue weighted by Crippen LogP contribution is 2.22. The number of hydroxylamine groups is 2. The molecule has 10 nitrogen and oxygen atoms in total. The Balaban J connectivity index is 1.47. The summed E-state index contributed by atoms with van der Waals surface area (Å²) < 4.78 is 5.76. The molecule has 0 fully saturated rings. The molecular weight excluding hydrogens is 502 g/mol. The lowest BCUT2D eigenvalue weighted by Crippen LogP contribution is -2.36. The average molecular weight is 546 g/mol. The normalized spacial score (nSPS) is 11.8. The summed E-state index contributed by atoms with van der Waals surface area (Å²) in [5, 5.41) is 33.2. The van der Waals surface area contributed by atoms with Gasteiger partial charge in [-0.3, -0.25) is 4.79 Å². The van der Waals surface area contributed by atoms with E-state index in [1.165, 1.54) is 13.0 Å². The molecule has 1 atom stereocenters. The Morgan fingerprint density at radius 3 is 2.44 bits per heavy atom. The molecule has 0 bridgehead atoms. The van der Waals surface area contributed by atoms with Crippen LogP contribution in [0.5, 0.6) is 5.75 Å². The van der Waals surface area contributed by atoms with E-state index in [0.29, 0.717) is 17.7 Å². The molecule has 2 aromatic rings. The van der Waals surface area contributed by atoms with Crippen LogP contribution < -0.4 is 11.1 Å². The number of phenols is 1. The molecule has 39 heavy (non-hydrogen) atoms. The predicted molar refractivity (Wildman–Crippen MR) is 147 cm³/mol. The maximum Gasteiger partial charge on any atom is 0.348 e. The van der Waals surface area contributed by atoms with Crippen molar-refractivity contribution in [3.05, 3.63) is 64.7 Å². The van der Waals surface area contributed by atoms with Gasteiger partial charge in [0.15, 0.2) is 0 Å². The van der Waals surface area contributed by atoms with Gasteiger partial charge in [-0.2, -0.15) is 0 Å². The van der Waals surface area contributed by atoms with Crippen molar-refractivity contribution in [2.45, 2.75) is 71.1 Å². The van der Waals surface area contributed by atoms with Gasteiger partial charge in [0.1, 0.15) is 5.75 Å². The summed E-state index contributed by atoms with van der Waals surface area (Å²) in [6, 6.07) is 11.7. The zero-order valence-corrected chi connectivity index (χ0v) is 22.8. The van der Waals surface area contributed by atoms with E-state index in [0.717, 1.165) is 80.9 Å². The highest BCUT2D eigenvalue weighted by molar-refractivity contribution is 5.74. The topological polar surface area (TPSA) is 155 Å². The van der Waals surface area contributed by atoms with E-state index >= 15 is 0 Å². The van der Waals surface area contributed by atoms with Crippen LogP contribution in [0.3, 0.4) is 0 Å². The highest BCUT2D eigenvalue weighted by atomic mass is 16.7. The number of nitrogens with zero attached hydrogens (tertiary/aromatic N) is 1. The number of nitrogens with one attached hydrogen (secondary N) is 1. The summed E-state index contributed by atoms with van der Waals surface area (Å²) in [4.78, 5) is 27.4. The molecule has 0 spiro atoms. The molecule has 0 radical (unpaired) electrons. The standard InChI is InChI=1S/C29H43N3O7/c1-22(34)39-32(29(30)37)20-24-11-8-10-23(17-24)9-4-7-16-38-15-6-3-2-5-14-31-19-28(36)25-12-13-27(35)26(18-25)21-33/h8,10-13,17-18,28,31,33,35-36H,2-7,9,14-16,19-21H2,1H3,(H2,30,37)/t28-/m1/s1. The summed E-state index contributed by atoms with van der Waals surface area (Å²) in [5.74, 6) is -0.567. The summed E-state index contributed by atoms with van der Waals surface area (Å²) in [7, 11) is 0. The fourth-order valence-electron chi connectivity index (χ4n) is 4.10. The molecule has 0 aliphatic heterocycles. The first kappa shape index (κ1) is 32.0. The van der Waals surface area contributed by atoms with Crippen molar-refractivity contribution in [3.63, 3.8) is 0 Å². The fraction of sp³-hybridized carbons (Fsp3) is 0.517. The van der Waals surface area contributed by atoms with Gasteiger partial charge >= 0.3 is 12.0 Å². The van der Waals surface area contributed by atoms with Crippen LogP contribution in [-0.4, -0.2) is 58.7 Å². The van der Waals surface area contributed by atoms with Gasteiger partial charge in [0.25, 0.3) is 0 Å². The second kappa shape index (κ2) is 18.2. The molecule has 0 unspecified atom stereocenters. The molecule has 0 saturated heterocycles. The number of carbonyl (C=O) groups is 2. The minimum absolute atomic E-state index is 0.0299. The van der Waals surface area contributed by atoms with Crippen LogP contribution in [0.4, 0.5) is 4.79 Å². The fourth-order valence-corrected chi connectivity index (χ4v) is 4.10. The van der Waals surface area contributed by atoms with Crippen LogP contribution in [0.1, 0.15) is 73.8 Å². The second-order valence-corrected chi connectivity index (χ2v) is 9.53. The Hall–Kier alpha value is -3.18. The molecule has 0 aliphatic carbocycles. The van der Waals surface area contributed by atoms with Crippen molar-refractivity contribution in [1.29, 1.82) is 0 Å². The van der Waals surface area contributed by atoms with Crippen LogP contribution in [0.2, 0.25) is 0 Å². The first-order valence-electron chi connectivity index (χ1n) is 13.5. The van der Waals surface area contributed by atoms with Crippen LogP contribution in [-0.2, 0) is 33.9 Å². The molecule has 2 aromatic carbocycles. The maximum atomic E-state index is 11.4. The summed E-state index contributed by atoms with van der Waals surface area (Å²) in [5.41, 5.74) is 8.32. The van der Waals surface area contributed by atoms with Crippen molar-refractivity contribution in [2.24, 2.45) is 5.73 Å². The van der Waals surface area contributed by atoms with Gasteiger partial charge in [0.05, 0.1) is 19.3 Å². The van der Waals surface area contributed by atoms with Crippen LogP contribution in [0.15, 0.2) is 42.5 Å². The quantitative estimate of drug-likeness (QED) is 0.141. The molecule has 10 heteroatoms. The number of hydrogen-bond donors (Lipinski definition) is 5. The van der Waals surface area contributed by atoms with E-state index in [1.807, 2.05) is 24.3 Å². The Morgan fingerprint density at radius 2 is 1.72 bits per heavy atom. The molecule has 6 N–H and O–H groups in total. The lowest BCUT2D eigenvalue weighted by molar-refractivity contribution is -0.175. The molecule has 0 saturated carbocycles. The lowest BCUT2D eigenvalue weighted by Gasteiger charge is -2.18. The van der Waals surface area contributed by atoms with E-state index in [2.05, 4.69) is 5.32 Å². The number of aromatic hydroxyl groups is 1. The van der Waals surface area contributed by atoms with Crippen LogP contribution in [0.25, 0.3) is 0 Å². The number of unbranched alkanes of at least 4 members (excludes halogenated alkanes) is 4. The van der Waals surface area contributed by atoms with E-state index < -0.39 is 18.1 Å². The average Bonchev–Trinajstić information content (AvgIpc) is 2.91. The number of carbonyl (C=O) groups excluding carboxylic acids is 2. The molecular formula is C29H43N3O7. The number of primary amides is 1. The van der Waals surface area contributed by atoms with Crippen LogP contribution in [0, 0.1) is 0 Å². The maximum absolute atomic E-state index is 11.4. The molecule has 0 aliphatic rings. The monoisotopic (exact) mass is 545 g/mol. The molecule has 0 aromatic heterocycles. The number of rotatable bonds is 18. The van der Waals surface area contributed by atoms with Crippen molar-refractivity contribution in [1.82, 2.24) is 10.4 Å². The number of urea groups is 1. The number of amides is 2. The number of ether oxygens (including phenoxy) is 1. The SMILES string of the molecule is CC(=O)ON(Cc1cccc(CCCCOCCCCCCNC[C@@H](O)c2ccc(O)c(CO)c2)c1)C(N)=O. The first-order chi connectivity index (χ1) is 18.8. The summed E-state index contributed by atoms with van der Waals surface area (Å²) >= 11 is 0. The number of aryl methyl sites for hydroxylation is 1. The van der Waals surface area contributed by atoms with Crippen molar-refractivity contribution in [2.75, 3.05) is 26.3 Å². The summed E-state index contributed by atoms with van der Waals surface area (Å²) in [6.07, 6.45) is 6.34. The van der Waals surface area contributed by atoms with Crippen molar-refractivity contribution >= 4 is 12.0 Å². The second-order valence-electron chi connectivity index (χ2n) is 9.53. The van der Waals surface area contributed by atoms with Crippen molar-refractivity contribution in [3.8, 4) is 5.75 Å². The number of hydrogen-bond acceptors (Lipinski definition) is 8. The zero-order chi connectivity index (χ0) is 28.5. The van der Waals surface area contributed by atoms with E-state index in [9.17, 15) is 24.9 Å². The van der Waals surface area contributed by atoms with Gasteiger partial charge in [-0.25, -0.2) is 4.79 Å². The van der Waals surface area contributed by atoms with E-state index in [-0.39, 0.29) is 18.9 Å². The van der Waals surface area contributed by atoms with E-state index in [4.69, 9.17) is 15.3 Å². The van der Waals surface area contributed by atoms with Crippen LogP contribution >= 0.6 is 0 Å².